The summed E-state index contributed by atoms with van der Waals surface area (Å²) in [5, 5.41) is 3.07. The van der Waals surface area contributed by atoms with Crippen molar-refractivity contribution in [1.82, 2.24) is 9.97 Å². The number of rotatable bonds is 6. The van der Waals surface area contributed by atoms with Gasteiger partial charge in [-0.15, -0.1) is 0 Å². The van der Waals surface area contributed by atoms with Crippen molar-refractivity contribution in [3.63, 3.8) is 0 Å². The number of hydrogen-bond acceptors (Lipinski definition) is 5. The van der Waals surface area contributed by atoms with Gasteiger partial charge in [-0.25, -0.2) is 4.98 Å². The third-order valence-electron chi connectivity index (χ3n) is 2.95. The number of aromatic nitrogens is 2. The molecule has 1 heterocycles. The molecule has 0 spiro atoms. The lowest BCUT2D eigenvalue weighted by molar-refractivity contribution is 0.355. The lowest BCUT2D eigenvalue weighted by Gasteiger charge is -2.11. The van der Waals surface area contributed by atoms with Crippen LogP contribution in [0.5, 0.6) is 11.5 Å². The van der Waals surface area contributed by atoms with E-state index in [0.717, 1.165) is 24.2 Å². The van der Waals surface area contributed by atoms with E-state index in [9.17, 15) is 4.79 Å². The van der Waals surface area contributed by atoms with Crippen molar-refractivity contribution in [3.8, 4) is 11.5 Å². The summed E-state index contributed by atoms with van der Waals surface area (Å²) in [5.41, 5.74) is 1.35. The molecule has 2 aromatic rings. The van der Waals surface area contributed by atoms with Gasteiger partial charge in [0.2, 0.25) is 5.95 Å². The summed E-state index contributed by atoms with van der Waals surface area (Å²) in [6.07, 6.45) is 1.71. The minimum absolute atomic E-state index is 0.170. The highest BCUT2D eigenvalue weighted by molar-refractivity contribution is 5.59. The zero-order valence-electron chi connectivity index (χ0n) is 12.4. The third kappa shape index (κ3) is 3.75. The van der Waals surface area contributed by atoms with Gasteiger partial charge in [-0.05, 0) is 18.6 Å². The molecular weight excluding hydrogens is 270 g/mol. The van der Waals surface area contributed by atoms with Crippen LogP contribution in [0.3, 0.4) is 0 Å². The van der Waals surface area contributed by atoms with Gasteiger partial charge < -0.3 is 14.8 Å². The largest absolute Gasteiger partial charge is 0.493 e. The lowest BCUT2D eigenvalue weighted by atomic mass is 10.2. The minimum atomic E-state index is -0.170. The minimum Gasteiger partial charge on any atom is -0.493 e. The monoisotopic (exact) mass is 289 g/mol. The first-order valence-corrected chi connectivity index (χ1v) is 6.75. The zero-order valence-corrected chi connectivity index (χ0v) is 12.4. The number of nitrogens with one attached hydrogen (secondary N) is 2. The van der Waals surface area contributed by atoms with Gasteiger partial charge in [0, 0.05) is 23.5 Å². The van der Waals surface area contributed by atoms with Crippen LogP contribution in [0.25, 0.3) is 0 Å². The number of aromatic amines is 1. The Morgan fingerprint density at radius 2 is 1.95 bits per heavy atom. The van der Waals surface area contributed by atoms with E-state index in [1.807, 2.05) is 13.0 Å². The smallest absolute Gasteiger partial charge is 0.252 e. The molecule has 21 heavy (non-hydrogen) atoms. The number of anilines is 2. The summed E-state index contributed by atoms with van der Waals surface area (Å²) in [6.45, 7) is 2.05. The maximum absolute atomic E-state index is 11.6. The summed E-state index contributed by atoms with van der Waals surface area (Å²) >= 11 is 0. The Morgan fingerprint density at radius 1 is 1.19 bits per heavy atom. The molecule has 0 aliphatic heterocycles. The fourth-order valence-corrected chi connectivity index (χ4v) is 2.00. The van der Waals surface area contributed by atoms with Gasteiger partial charge in [-0.3, -0.25) is 9.78 Å². The van der Waals surface area contributed by atoms with Gasteiger partial charge in [-0.2, -0.15) is 0 Å². The Labute approximate surface area is 123 Å². The number of methoxy groups -OCH3 is 2. The number of hydrogen-bond donors (Lipinski definition) is 2. The second-order valence-corrected chi connectivity index (χ2v) is 4.53. The van der Waals surface area contributed by atoms with E-state index < -0.39 is 0 Å². The van der Waals surface area contributed by atoms with Gasteiger partial charge in [0.1, 0.15) is 0 Å². The number of aryl methyl sites for hydroxylation is 1. The molecule has 0 aliphatic rings. The highest BCUT2D eigenvalue weighted by Crippen LogP contribution is 2.30. The van der Waals surface area contributed by atoms with Crippen molar-refractivity contribution in [1.29, 1.82) is 0 Å². The van der Waals surface area contributed by atoms with Crippen LogP contribution in [0, 0.1) is 0 Å². The van der Waals surface area contributed by atoms with Crippen molar-refractivity contribution in [2.75, 3.05) is 19.5 Å². The molecule has 1 aromatic heterocycles. The molecule has 0 fully saturated rings. The van der Waals surface area contributed by atoms with E-state index in [0.29, 0.717) is 17.4 Å². The van der Waals surface area contributed by atoms with Gasteiger partial charge >= 0.3 is 0 Å². The van der Waals surface area contributed by atoms with E-state index >= 15 is 0 Å². The average Bonchev–Trinajstić information content (AvgIpc) is 2.46. The fraction of sp³-hybridized carbons (Fsp3) is 0.333. The van der Waals surface area contributed by atoms with Crippen LogP contribution in [0.15, 0.2) is 29.1 Å². The van der Waals surface area contributed by atoms with Crippen molar-refractivity contribution in [2.45, 2.75) is 19.8 Å². The number of nitrogens with zero attached hydrogens (tertiary/aromatic N) is 1. The normalized spacial score (nSPS) is 10.2. The van der Waals surface area contributed by atoms with Crippen LogP contribution >= 0.6 is 0 Å². The molecule has 0 bridgehead atoms. The molecule has 0 amide bonds. The highest BCUT2D eigenvalue weighted by atomic mass is 16.5. The lowest BCUT2D eigenvalue weighted by Crippen LogP contribution is -2.12. The van der Waals surface area contributed by atoms with E-state index in [4.69, 9.17) is 9.47 Å². The maximum Gasteiger partial charge on any atom is 0.252 e. The van der Waals surface area contributed by atoms with Crippen LogP contribution in [0.1, 0.15) is 19.0 Å². The topological polar surface area (TPSA) is 76.2 Å². The SMILES string of the molecule is CCCc1cc(=O)[nH]c(Nc2ccc(OC)c(OC)c2)n1. The van der Waals surface area contributed by atoms with Crippen LogP contribution in [-0.2, 0) is 6.42 Å². The zero-order chi connectivity index (χ0) is 15.2. The molecule has 0 radical (unpaired) electrons. The molecule has 6 nitrogen and oxygen atoms in total. The molecule has 0 aliphatic carbocycles. The summed E-state index contributed by atoms with van der Waals surface area (Å²) in [4.78, 5) is 18.7. The van der Waals surface area contributed by atoms with Crippen LogP contribution in [-0.4, -0.2) is 24.2 Å². The highest BCUT2D eigenvalue weighted by Gasteiger charge is 2.06. The second kappa shape index (κ2) is 6.78. The molecule has 0 atom stereocenters. The first kappa shape index (κ1) is 14.9. The summed E-state index contributed by atoms with van der Waals surface area (Å²) in [5.74, 6) is 1.66. The average molecular weight is 289 g/mol. The fourth-order valence-electron chi connectivity index (χ4n) is 2.00. The summed E-state index contributed by atoms with van der Waals surface area (Å²) in [7, 11) is 3.15. The number of benzene rings is 1. The quantitative estimate of drug-likeness (QED) is 0.854. The molecule has 0 saturated heterocycles. The molecule has 112 valence electrons. The van der Waals surface area contributed by atoms with Crippen molar-refractivity contribution in [3.05, 3.63) is 40.3 Å². The Kier molecular flexibility index (Phi) is 4.81. The Bertz CT molecular complexity index is 667. The van der Waals surface area contributed by atoms with Gasteiger partial charge in [-0.1, -0.05) is 13.3 Å². The van der Waals surface area contributed by atoms with Gasteiger partial charge in [0.05, 0.1) is 14.2 Å². The molecular formula is C15H19N3O3. The molecule has 1 aromatic carbocycles. The predicted molar refractivity (Wildman–Crippen MR) is 81.7 cm³/mol. The van der Waals surface area contributed by atoms with Crippen molar-refractivity contribution in [2.24, 2.45) is 0 Å². The predicted octanol–water partition coefficient (Wildman–Crippen LogP) is 2.48. The number of ether oxygens (including phenoxy) is 2. The first-order valence-electron chi connectivity index (χ1n) is 6.75. The van der Waals surface area contributed by atoms with E-state index in [-0.39, 0.29) is 5.56 Å². The Balaban J connectivity index is 2.27. The molecule has 0 unspecified atom stereocenters. The van der Waals surface area contributed by atoms with Gasteiger partial charge in [0.25, 0.3) is 5.56 Å². The van der Waals surface area contributed by atoms with Crippen LogP contribution in [0.4, 0.5) is 11.6 Å². The Hall–Kier alpha value is -2.50. The third-order valence-corrected chi connectivity index (χ3v) is 2.95. The van der Waals surface area contributed by atoms with Crippen LogP contribution in [0.2, 0.25) is 0 Å². The molecule has 6 heteroatoms. The summed E-state index contributed by atoms with van der Waals surface area (Å²) in [6, 6.07) is 6.91. The van der Waals surface area contributed by atoms with Crippen molar-refractivity contribution >= 4 is 11.6 Å². The second-order valence-electron chi connectivity index (χ2n) is 4.53. The maximum atomic E-state index is 11.6. The van der Waals surface area contributed by atoms with Gasteiger partial charge in [0.15, 0.2) is 11.5 Å². The first-order chi connectivity index (χ1) is 10.2. The summed E-state index contributed by atoms with van der Waals surface area (Å²) < 4.78 is 10.4. The molecule has 2 rings (SSSR count). The van der Waals surface area contributed by atoms with E-state index in [1.54, 1.807) is 26.4 Å². The number of H-pyrrole nitrogens is 1. The standard InChI is InChI=1S/C15H19N3O3/c1-4-5-10-9-14(19)18-15(16-10)17-11-6-7-12(20-2)13(8-11)21-3/h6-9H,4-5H2,1-3H3,(H2,16,17,18,19). The van der Waals surface area contributed by atoms with E-state index in [1.165, 1.54) is 6.07 Å². The van der Waals surface area contributed by atoms with Crippen molar-refractivity contribution < 1.29 is 9.47 Å². The molecule has 2 N–H and O–H groups in total. The molecule has 0 saturated carbocycles. The van der Waals surface area contributed by atoms with Crippen LogP contribution < -0.4 is 20.3 Å². The van der Waals surface area contributed by atoms with E-state index in [2.05, 4.69) is 15.3 Å². The Morgan fingerprint density at radius 3 is 2.62 bits per heavy atom.